The van der Waals surface area contributed by atoms with Gasteiger partial charge in [-0.2, -0.15) is 5.10 Å². The van der Waals surface area contributed by atoms with Gasteiger partial charge < -0.3 is 4.90 Å². The Hall–Kier alpha value is -3.07. The largest absolute Gasteiger partial charge is 0.335 e. The lowest BCUT2D eigenvalue weighted by molar-refractivity contribution is 0.0621. The van der Waals surface area contributed by atoms with Crippen molar-refractivity contribution < 1.29 is 9.18 Å². The lowest BCUT2D eigenvalue weighted by Gasteiger charge is -2.34. The summed E-state index contributed by atoms with van der Waals surface area (Å²) in [6.45, 7) is 3.68. The zero-order valence-corrected chi connectivity index (χ0v) is 19.4. The molecule has 1 fully saturated rings. The van der Waals surface area contributed by atoms with Gasteiger partial charge >= 0.3 is 0 Å². The number of hydrogen-bond donors (Lipinski definition) is 1. The molecule has 2 aromatic heterocycles. The Bertz CT molecular complexity index is 1200. The molecule has 1 amide bonds. The third kappa shape index (κ3) is 5.30. The fourth-order valence-electron chi connectivity index (χ4n) is 3.80. The number of benzene rings is 2. The molecule has 6 nitrogen and oxygen atoms in total. The number of H-pyrrole nitrogens is 1. The zero-order valence-electron chi connectivity index (χ0n) is 17.8. The second kappa shape index (κ2) is 10.2. The second-order valence-electron chi connectivity index (χ2n) is 7.75. The van der Waals surface area contributed by atoms with E-state index in [4.69, 9.17) is 4.98 Å². The number of piperazine rings is 1. The van der Waals surface area contributed by atoms with Crippen molar-refractivity contribution in [3.05, 3.63) is 83.2 Å². The van der Waals surface area contributed by atoms with Gasteiger partial charge in [-0.3, -0.25) is 14.8 Å². The Morgan fingerprint density at radius 1 is 1.00 bits per heavy atom. The summed E-state index contributed by atoms with van der Waals surface area (Å²) >= 11 is 1.66. The molecule has 4 aromatic rings. The van der Waals surface area contributed by atoms with E-state index < -0.39 is 0 Å². The molecule has 0 bridgehead atoms. The van der Waals surface area contributed by atoms with Crippen molar-refractivity contribution in [2.24, 2.45) is 0 Å². The number of amides is 1. The van der Waals surface area contributed by atoms with E-state index in [-0.39, 0.29) is 24.1 Å². The number of aromatic nitrogens is 3. The minimum Gasteiger partial charge on any atom is -0.335 e. The molecule has 1 N–H and O–H groups in total. The average Bonchev–Trinajstić information content (AvgIpc) is 3.51. The van der Waals surface area contributed by atoms with Gasteiger partial charge in [-0.1, -0.05) is 30.3 Å². The minimum absolute atomic E-state index is 0. The molecule has 0 unspecified atom stereocenters. The number of thiazole rings is 1. The van der Waals surface area contributed by atoms with E-state index in [1.165, 1.54) is 12.1 Å². The van der Waals surface area contributed by atoms with Crippen LogP contribution < -0.4 is 0 Å². The lowest BCUT2D eigenvalue weighted by Crippen LogP contribution is -2.48. The summed E-state index contributed by atoms with van der Waals surface area (Å²) in [5.74, 6) is -0.363. The van der Waals surface area contributed by atoms with Crippen molar-refractivity contribution in [1.29, 1.82) is 0 Å². The normalized spacial score (nSPS) is 14.2. The summed E-state index contributed by atoms with van der Waals surface area (Å²) in [6, 6.07) is 18.0. The highest BCUT2D eigenvalue weighted by molar-refractivity contribution is 7.13. The number of rotatable bonds is 5. The third-order valence-electron chi connectivity index (χ3n) is 5.57. The predicted molar refractivity (Wildman–Crippen MR) is 130 cm³/mol. The van der Waals surface area contributed by atoms with E-state index in [1.54, 1.807) is 29.5 Å². The first kappa shape index (κ1) is 23.1. The highest BCUT2D eigenvalue weighted by atomic mass is 35.5. The van der Waals surface area contributed by atoms with Crippen LogP contribution in [0.15, 0.2) is 66.0 Å². The first-order valence-electron chi connectivity index (χ1n) is 10.5. The van der Waals surface area contributed by atoms with Crippen LogP contribution in [-0.4, -0.2) is 57.1 Å². The van der Waals surface area contributed by atoms with E-state index in [1.807, 2.05) is 23.1 Å². The Morgan fingerprint density at radius 2 is 1.73 bits per heavy atom. The summed E-state index contributed by atoms with van der Waals surface area (Å²) in [7, 11) is 0. The van der Waals surface area contributed by atoms with Gasteiger partial charge in [0.1, 0.15) is 16.5 Å². The molecule has 9 heteroatoms. The molecule has 0 radical (unpaired) electrons. The number of nitrogens with one attached hydrogen (secondary N) is 1. The summed E-state index contributed by atoms with van der Waals surface area (Å²) in [5.41, 5.74) is 4.05. The van der Waals surface area contributed by atoms with Gasteiger partial charge in [0.25, 0.3) is 5.91 Å². The number of carbonyl (C=O) groups is 1. The number of hydrogen-bond acceptors (Lipinski definition) is 5. The van der Waals surface area contributed by atoms with Crippen LogP contribution in [0.2, 0.25) is 0 Å². The van der Waals surface area contributed by atoms with Crippen LogP contribution in [0.5, 0.6) is 0 Å². The molecular formula is C24H23ClFN5OS. The fraction of sp³-hybridized carbons (Fsp3) is 0.208. The van der Waals surface area contributed by atoms with Gasteiger partial charge in [-0.25, -0.2) is 9.37 Å². The monoisotopic (exact) mass is 483 g/mol. The van der Waals surface area contributed by atoms with Gasteiger partial charge in [0.05, 0.1) is 11.4 Å². The van der Waals surface area contributed by atoms with Crippen LogP contribution in [0.25, 0.3) is 21.8 Å². The first-order valence-corrected chi connectivity index (χ1v) is 11.4. The standard InChI is InChI=1S/C24H22FN5OS.ClH/c25-19-8-6-17(7-9-19)21-14-22(28-27-21)24(31)30-12-10-29(11-13-30)15-20-16-32-23(26-20)18-4-2-1-3-5-18;/h1-9,14,16H,10-13,15H2,(H,27,28);1H. The zero-order chi connectivity index (χ0) is 21.9. The summed E-state index contributed by atoms with van der Waals surface area (Å²) < 4.78 is 13.1. The van der Waals surface area contributed by atoms with Gasteiger partial charge in [0.2, 0.25) is 0 Å². The van der Waals surface area contributed by atoms with E-state index in [0.717, 1.165) is 41.5 Å². The van der Waals surface area contributed by atoms with Crippen molar-refractivity contribution in [2.75, 3.05) is 26.2 Å². The third-order valence-corrected chi connectivity index (χ3v) is 6.51. The van der Waals surface area contributed by atoms with Crippen LogP contribution in [-0.2, 0) is 6.54 Å². The number of aromatic amines is 1. The van der Waals surface area contributed by atoms with Gasteiger partial charge in [0, 0.05) is 49.2 Å². The van der Waals surface area contributed by atoms with Crippen molar-refractivity contribution in [3.63, 3.8) is 0 Å². The maximum atomic E-state index is 13.1. The van der Waals surface area contributed by atoms with Crippen molar-refractivity contribution in [2.45, 2.75) is 6.54 Å². The van der Waals surface area contributed by atoms with Gasteiger partial charge in [0.15, 0.2) is 0 Å². The van der Waals surface area contributed by atoms with E-state index in [0.29, 0.717) is 24.5 Å². The Kier molecular flexibility index (Phi) is 7.17. The Morgan fingerprint density at radius 3 is 2.45 bits per heavy atom. The van der Waals surface area contributed by atoms with E-state index in [2.05, 4.69) is 32.6 Å². The highest BCUT2D eigenvalue weighted by Crippen LogP contribution is 2.24. The smallest absolute Gasteiger partial charge is 0.271 e. The SMILES string of the molecule is Cl.O=C(c1cc(-c2ccc(F)cc2)n[nH]1)N1CCN(Cc2csc(-c3ccccc3)n2)CC1. The molecule has 0 aliphatic carbocycles. The van der Waals surface area contributed by atoms with Crippen molar-refractivity contribution >= 4 is 29.7 Å². The molecule has 0 spiro atoms. The topological polar surface area (TPSA) is 65.1 Å². The van der Waals surface area contributed by atoms with Crippen LogP contribution in [0, 0.1) is 5.82 Å². The van der Waals surface area contributed by atoms with Gasteiger partial charge in [-0.15, -0.1) is 23.7 Å². The van der Waals surface area contributed by atoms with Gasteiger partial charge in [-0.05, 0) is 30.3 Å². The molecule has 1 aliphatic rings. The summed E-state index contributed by atoms with van der Waals surface area (Å²) in [6.07, 6.45) is 0. The second-order valence-corrected chi connectivity index (χ2v) is 8.61. The number of nitrogens with zero attached hydrogens (tertiary/aromatic N) is 4. The molecule has 3 heterocycles. The van der Waals surface area contributed by atoms with Crippen LogP contribution in [0.4, 0.5) is 4.39 Å². The quantitative estimate of drug-likeness (QED) is 0.446. The highest BCUT2D eigenvalue weighted by Gasteiger charge is 2.24. The van der Waals surface area contributed by atoms with Crippen molar-refractivity contribution in [3.8, 4) is 21.8 Å². The fourth-order valence-corrected chi connectivity index (χ4v) is 4.62. The van der Waals surface area contributed by atoms with E-state index in [9.17, 15) is 9.18 Å². The molecule has 1 saturated heterocycles. The summed E-state index contributed by atoms with van der Waals surface area (Å²) in [5, 5.41) is 10.2. The number of carbonyl (C=O) groups excluding carboxylic acids is 1. The first-order chi connectivity index (χ1) is 15.7. The molecule has 1 aliphatic heterocycles. The van der Waals surface area contributed by atoms with Crippen LogP contribution >= 0.6 is 23.7 Å². The van der Waals surface area contributed by atoms with Crippen LogP contribution in [0.3, 0.4) is 0 Å². The predicted octanol–water partition coefficient (Wildman–Crippen LogP) is 4.72. The molecule has 170 valence electrons. The Balaban J connectivity index is 0.00000259. The van der Waals surface area contributed by atoms with E-state index >= 15 is 0 Å². The molecule has 5 rings (SSSR count). The average molecular weight is 484 g/mol. The molecular weight excluding hydrogens is 461 g/mol. The molecule has 2 aromatic carbocycles. The molecule has 0 saturated carbocycles. The van der Waals surface area contributed by atoms with Crippen LogP contribution in [0.1, 0.15) is 16.2 Å². The maximum absolute atomic E-state index is 13.1. The summed E-state index contributed by atoms with van der Waals surface area (Å²) in [4.78, 5) is 21.8. The number of halogens is 2. The Labute approximate surface area is 201 Å². The minimum atomic E-state index is -0.299. The molecule has 33 heavy (non-hydrogen) atoms. The lowest BCUT2D eigenvalue weighted by atomic mass is 10.1. The van der Waals surface area contributed by atoms with Crippen molar-refractivity contribution in [1.82, 2.24) is 25.0 Å². The maximum Gasteiger partial charge on any atom is 0.271 e. The molecule has 0 atom stereocenters.